The molecule has 1 atom stereocenters. The first-order valence-corrected chi connectivity index (χ1v) is 8.44. The van der Waals surface area contributed by atoms with Crippen molar-refractivity contribution in [2.24, 2.45) is 0 Å². The summed E-state index contributed by atoms with van der Waals surface area (Å²) in [7, 11) is -3.55. The molecule has 1 amide bonds. The van der Waals surface area contributed by atoms with Gasteiger partial charge in [0.1, 0.15) is 0 Å². The van der Waals surface area contributed by atoms with Gasteiger partial charge in [-0.2, -0.15) is 0 Å². The maximum Gasteiger partial charge on any atom is 0.340 e. The van der Waals surface area contributed by atoms with Crippen molar-refractivity contribution in [3.05, 3.63) is 29.8 Å². The highest BCUT2D eigenvalue weighted by Crippen LogP contribution is 2.17. The molecule has 0 bridgehead atoms. The monoisotopic (exact) mass is 313 g/mol. The molecule has 0 aliphatic heterocycles. The number of hydrogen-bond acceptors (Lipinski definition) is 5. The van der Waals surface area contributed by atoms with Crippen LogP contribution in [0.25, 0.3) is 0 Å². The summed E-state index contributed by atoms with van der Waals surface area (Å²) in [4.78, 5) is 23.6. The summed E-state index contributed by atoms with van der Waals surface area (Å²) in [5.41, 5.74) is -0.0739. The van der Waals surface area contributed by atoms with Gasteiger partial charge >= 0.3 is 5.97 Å². The van der Waals surface area contributed by atoms with Gasteiger partial charge in [0.2, 0.25) is 0 Å². The van der Waals surface area contributed by atoms with E-state index in [1.54, 1.807) is 0 Å². The van der Waals surface area contributed by atoms with E-state index in [9.17, 15) is 18.0 Å². The van der Waals surface area contributed by atoms with Crippen LogP contribution >= 0.6 is 0 Å². The van der Waals surface area contributed by atoms with Crippen LogP contribution in [0.2, 0.25) is 0 Å². The molecule has 21 heavy (non-hydrogen) atoms. The van der Waals surface area contributed by atoms with Crippen LogP contribution < -0.4 is 5.32 Å². The van der Waals surface area contributed by atoms with Crippen molar-refractivity contribution >= 4 is 21.7 Å². The average molecular weight is 313 g/mol. The van der Waals surface area contributed by atoms with Crippen LogP contribution in [-0.2, 0) is 19.4 Å². The van der Waals surface area contributed by atoms with Crippen LogP contribution in [0.5, 0.6) is 0 Å². The molecule has 116 valence electrons. The maximum absolute atomic E-state index is 12.0. The zero-order chi connectivity index (χ0) is 16.0. The molecule has 1 aromatic rings. The zero-order valence-electron chi connectivity index (χ0n) is 12.3. The van der Waals surface area contributed by atoms with Gasteiger partial charge < -0.3 is 10.1 Å². The van der Waals surface area contributed by atoms with Gasteiger partial charge in [-0.25, -0.2) is 13.2 Å². The van der Waals surface area contributed by atoms with E-state index in [0.717, 1.165) is 12.7 Å². The van der Waals surface area contributed by atoms with E-state index in [0.29, 0.717) is 6.54 Å². The van der Waals surface area contributed by atoms with Gasteiger partial charge in [-0.05, 0) is 25.5 Å². The molecule has 0 unspecified atom stereocenters. The molecular formula is C14H19NO5S. The standard InChI is InChI=1S/C14H19NO5S/c1-4-9-15-13(16)10(2)20-14(17)11-7-5-6-8-12(11)21(3,18)19/h5-8,10H,4,9H2,1-3H3,(H,15,16)/t10-/m1/s1. The minimum absolute atomic E-state index is 0.0739. The minimum atomic E-state index is -3.55. The van der Waals surface area contributed by atoms with E-state index in [1.807, 2.05) is 6.92 Å². The Hall–Kier alpha value is -1.89. The minimum Gasteiger partial charge on any atom is -0.449 e. The summed E-state index contributed by atoms with van der Waals surface area (Å²) in [5, 5.41) is 2.60. The van der Waals surface area contributed by atoms with Crippen molar-refractivity contribution < 1.29 is 22.7 Å². The first-order valence-electron chi connectivity index (χ1n) is 6.55. The molecule has 0 saturated carbocycles. The van der Waals surface area contributed by atoms with Gasteiger partial charge in [0.05, 0.1) is 10.5 Å². The SMILES string of the molecule is CCCNC(=O)[C@@H](C)OC(=O)c1ccccc1S(C)(=O)=O. The quantitative estimate of drug-likeness (QED) is 0.796. The van der Waals surface area contributed by atoms with Gasteiger partial charge in [-0.3, -0.25) is 4.79 Å². The van der Waals surface area contributed by atoms with Crippen molar-refractivity contribution in [1.29, 1.82) is 0 Å². The second-order valence-corrected chi connectivity index (χ2v) is 6.59. The highest BCUT2D eigenvalue weighted by atomic mass is 32.2. The number of esters is 1. The zero-order valence-corrected chi connectivity index (χ0v) is 13.1. The van der Waals surface area contributed by atoms with Crippen LogP contribution in [0, 0.1) is 0 Å². The number of rotatable bonds is 6. The van der Waals surface area contributed by atoms with Gasteiger partial charge in [0.15, 0.2) is 15.9 Å². The molecule has 1 rings (SSSR count). The Kier molecular flexibility index (Phi) is 5.90. The van der Waals surface area contributed by atoms with Crippen LogP contribution in [0.3, 0.4) is 0 Å². The Labute approximate surface area is 124 Å². The lowest BCUT2D eigenvalue weighted by atomic mass is 10.2. The Bertz CT molecular complexity index is 624. The number of benzene rings is 1. The molecule has 0 aromatic heterocycles. The number of sulfone groups is 1. The fourth-order valence-corrected chi connectivity index (χ4v) is 2.50. The summed E-state index contributed by atoms with van der Waals surface area (Å²) >= 11 is 0. The third-order valence-electron chi connectivity index (χ3n) is 2.71. The fourth-order valence-electron chi connectivity index (χ4n) is 1.63. The lowest BCUT2D eigenvalue weighted by Gasteiger charge is -2.14. The Morgan fingerprint density at radius 1 is 1.29 bits per heavy atom. The van der Waals surface area contributed by atoms with Gasteiger partial charge in [-0.1, -0.05) is 19.1 Å². The summed E-state index contributed by atoms with van der Waals surface area (Å²) in [6.07, 6.45) is 0.788. The van der Waals surface area contributed by atoms with Crippen LogP contribution in [0.4, 0.5) is 0 Å². The highest BCUT2D eigenvalue weighted by molar-refractivity contribution is 7.90. The first-order chi connectivity index (χ1) is 9.77. The summed E-state index contributed by atoms with van der Waals surface area (Å²) in [6.45, 7) is 3.83. The third kappa shape index (κ3) is 4.86. The summed E-state index contributed by atoms with van der Waals surface area (Å²) < 4.78 is 28.3. The van der Waals surface area contributed by atoms with Crippen LogP contribution in [0.1, 0.15) is 30.6 Å². The molecule has 0 radical (unpaired) electrons. The van der Waals surface area contributed by atoms with Crippen molar-refractivity contribution in [2.75, 3.05) is 12.8 Å². The van der Waals surface area contributed by atoms with Gasteiger partial charge in [0.25, 0.3) is 5.91 Å². The van der Waals surface area contributed by atoms with Gasteiger partial charge in [0, 0.05) is 12.8 Å². The number of amides is 1. The van der Waals surface area contributed by atoms with E-state index in [4.69, 9.17) is 4.74 Å². The molecule has 0 spiro atoms. The number of ether oxygens (including phenoxy) is 1. The largest absolute Gasteiger partial charge is 0.449 e. The Balaban J connectivity index is 2.88. The molecule has 0 aliphatic carbocycles. The normalized spacial score (nSPS) is 12.5. The Morgan fingerprint density at radius 2 is 1.90 bits per heavy atom. The summed E-state index contributed by atoms with van der Waals surface area (Å²) in [6, 6.07) is 5.74. The molecule has 0 saturated heterocycles. The average Bonchev–Trinajstić information content (AvgIpc) is 2.43. The second kappa shape index (κ2) is 7.21. The molecule has 0 aliphatic rings. The highest BCUT2D eigenvalue weighted by Gasteiger charge is 2.23. The fraction of sp³-hybridized carbons (Fsp3) is 0.429. The lowest BCUT2D eigenvalue weighted by Crippen LogP contribution is -2.36. The van der Waals surface area contributed by atoms with E-state index >= 15 is 0 Å². The van der Waals surface area contributed by atoms with E-state index in [-0.39, 0.29) is 10.5 Å². The Morgan fingerprint density at radius 3 is 2.48 bits per heavy atom. The molecule has 6 nitrogen and oxygen atoms in total. The molecule has 7 heteroatoms. The molecule has 1 aromatic carbocycles. The van der Waals surface area contributed by atoms with Gasteiger partial charge in [-0.15, -0.1) is 0 Å². The topological polar surface area (TPSA) is 89.5 Å². The number of carbonyl (C=O) groups is 2. The molecular weight excluding hydrogens is 294 g/mol. The lowest BCUT2D eigenvalue weighted by molar-refractivity contribution is -0.129. The van der Waals surface area contributed by atoms with Crippen molar-refractivity contribution in [3.8, 4) is 0 Å². The van der Waals surface area contributed by atoms with E-state index < -0.39 is 27.8 Å². The number of nitrogens with one attached hydrogen (secondary N) is 1. The predicted octanol–water partition coefficient (Wildman–Crippen LogP) is 1.16. The molecule has 0 fully saturated rings. The van der Waals surface area contributed by atoms with Crippen LogP contribution in [-0.4, -0.2) is 39.2 Å². The number of carbonyl (C=O) groups excluding carboxylic acids is 2. The van der Waals surface area contributed by atoms with Crippen LogP contribution in [0.15, 0.2) is 29.2 Å². The van der Waals surface area contributed by atoms with Crippen molar-refractivity contribution in [3.63, 3.8) is 0 Å². The van der Waals surface area contributed by atoms with E-state index in [2.05, 4.69) is 5.32 Å². The van der Waals surface area contributed by atoms with E-state index in [1.165, 1.54) is 31.2 Å². The first kappa shape index (κ1) is 17.2. The summed E-state index contributed by atoms with van der Waals surface area (Å²) in [5.74, 6) is -1.25. The molecule has 0 heterocycles. The maximum atomic E-state index is 12.0. The molecule has 1 N–H and O–H groups in total. The smallest absolute Gasteiger partial charge is 0.340 e. The third-order valence-corrected chi connectivity index (χ3v) is 3.86. The number of hydrogen-bond donors (Lipinski definition) is 1. The second-order valence-electron chi connectivity index (χ2n) is 4.61. The predicted molar refractivity (Wildman–Crippen MR) is 77.7 cm³/mol. The van der Waals surface area contributed by atoms with Crippen molar-refractivity contribution in [2.45, 2.75) is 31.3 Å². The van der Waals surface area contributed by atoms with Crippen molar-refractivity contribution in [1.82, 2.24) is 5.32 Å².